The summed E-state index contributed by atoms with van der Waals surface area (Å²) >= 11 is 0. The number of carbonyl (C=O) groups excluding carboxylic acids is 2. The minimum atomic E-state index is -0.115. The Balaban J connectivity index is 1.61. The largest absolute Gasteiger partial charge is 0.368 e. The Labute approximate surface area is 147 Å². The summed E-state index contributed by atoms with van der Waals surface area (Å²) in [5.74, 6) is -0.102. The van der Waals surface area contributed by atoms with Crippen molar-refractivity contribution < 1.29 is 9.59 Å². The second kappa shape index (κ2) is 7.79. The number of hydrogen-bond donors (Lipinski definition) is 1. The summed E-state index contributed by atoms with van der Waals surface area (Å²) in [6.45, 7) is 4.81. The molecule has 6 heteroatoms. The van der Waals surface area contributed by atoms with E-state index in [2.05, 4.69) is 27.3 Å². The van der Waals surface area contributed by atoms with Crippen LogP contribution in [0.15, 0.2) is 48.7 Å². The van der Waals surface area contributed by atoms with Crippen molar-refractivity contribution in [1.82, 2.24) is 15.2 Å². The first-order valence-corrected chi connectivity index (χ1v) is 8.42. The fourth-order valence-electron chi connectivity index (χ4n) is 2.91. The van der Waals surface area contributed by atoms with Gasteiger partial charge in [-0.25, -0.2) is 0 Å². The van der Waals surface area contributed by atoms with Crippen molar-refractivity contribution in [3.05, 3.63) is 59.9 Å². The minimum Gasteiger partial charge on any atom is -0.368 e. The highest BCUT2D eigenvalue weighted by Gasteiger charge is 2.22. The third kappa shape index (κ3) is 4.35. The lowest BCUT2D eigenvalue weighted by atomic mass is 10.1. The zero-order valence-electron chi connectivity index (χ0n) is 14.3. The molecular weight excluding hydrogens is 316 g/mol. The van der Waals surface area contributed by atoms with E-state index in [0.717, 1.165) is 13.1 Å². The summed E-state index contributed by atoms with van der Waals surface area (Å²) in [5.41, 5.74) is 2.49. The quantitative estimate of drug-likeness (QED) is 0.921. The molecule has 3 rings (SSSR count). The highest BCUT2D eigenvalue weighted by atomic mass is 16.2. The van der Waals surface area contributed by atoms with E-state index < -0.39 is 0 Å². The van der Waals surface area contributed by atoms with Crippen LogP contribution in [0, 0.1) is 0 Å². The van der Waals surface area contributed by atoms with Crippen LogP contribution >= 0.6 is 0 Å². The molecule has 1 fully saturated rings. The van der Waals surface area contributed by atoms with Gasteiger partial charge in [-0.1, -0.05) is 18.2 Å². The molecule has 1 aromatic heterocycles. The Morgan fingerprint density at radius 3 is 2.48 bits per heavy atom. The van der Waals surface area contributed by atoms with Crippen molar-refractivity contribution in [1.29, 1.82) is 0 Å². The molecule has 1 aliphatic heterocycles. The number of benzene rings is 1. The fourth-order valence-corrected chi connectivity index (χ4v) is 2.91. The van der Waals surface area contributed by atoms with Gasteiger partial charge in [0, 0.05) is 50.6 Å². The molecule has 2 amide bonds. The molecule has 0 saturated carbocycles. The maximum atomic E-state index is 12.7. The van der Waals surface area contributed by atoms with Crippen molar-refractivity contribution in [3.63, 3.8) is 0 Å². The second-order valence-electron chi connectivity index (χ2n) is 6.06. The number of rotatable bonds is 4. The van der Waals surface area contributed by atoms with Crippen LogP contribution in [0.5, 0.6) is 0 Å². The van der Waals surface area contributed by atoms with Crippen molar-refractivity contribution in [3.8, 4) is 0 Å². The Kier molecular flexibility index (Phi) is 5.28. The number of amides is 2. The number of nitrogens with zero attached hydrogens (tertiary/aromatic N) is 3. The first kappa shape index (κ1) is 17.0. The molecule has 1 N–H and O–H groups in total. The molecule has 0 bridgehead atoms. The van der Waals surface area contributed by atoms with Crippen LogP contribution in [0.25, 0.3) is 0 Å². The smallest absolute Gasteiger partial charge is 0.254 e. The molecule has 0 aliphatic carbocycles. The van der Waals surface area contributed by atoms with Gasteiger partial charge in [0.2, 0.25) is 5.91 Å². The number of anilines is 1. The topological polar surface area (TPSA) is 65.5 Å². The van der Waals surface area contributed by atoms with Crippen LogP contribution in [-0.4, -0.2) is 47.9 Å². The molecule has 0 radical (unpaired) electrons. The Hall–Kier alpha value is -2.89. The highest BCUT2D eigenvalue weighted by Crippen LogP contribution is 2.17. The van der Waals surface area contributed by atoms with Gasteiger partial charge in [0.1, 0.15) is 0 Å². The van der Waals surface area contributed by atoms with Crippen LogP contribution in [0.4, 0.5) is 5.69 Å². The standard InChI is InChI=1S/C19H22N4O2/c1-15(24)21-14-17-13-16(7-8-20-17)19(25)23-11-9-22(10-12-23)18-5-3-2-4-6-18/h2-8,13H,9-12,14H2,1H3,(H,21,24). The zero-order valence-corrected chi connectivity index (χ0v) is 14.3. The zero-order chi connectivity index (χ0) is 17.6. The Morgan fingerprint density at radius 2 is 1.80 bits per heavy atom. The molecule has 0 spiro atoms. The molecule has 1 aromatic carbocycles. The number of hydrogen-bond acceptors (Lipinski definition) is 4. The maximum absolute atomic E-state index is 12.7. The van der Waals surface area contributed by atoms with Crippen LogP contribution in [0.3, 0.4) is 0 Å². The van der Waals surface area contributed by atoms with Crippen LogP contribution < -0.4 is 10.2 Å². The number of piperazine rings is 1. The van der Waals surface area contributed by atoms with E-state index in [0.29, 0.717) is 30.9 Å². The Bertz CT molecular complexity index is 740. The van der Waals surface area contributed by atoms with Gasteiger partial charge in [-0.3, -0.25) is 14.6 Å². The van der Waals surface area contributed by atoms with Crippen LogP contribution in [0.2, 0.25) is 0 Å². The van der Waals surface area contributed by atoms with Gasteiger partial charge in [-0.15, -0.1) is 0 Å². The molecule has 1 aliphatic rings. The average Bonchev–Trinajstić information content (AvgIpc) is 2.67. The van der Waals surface area contributed by atoms with Gasteiger partial charge in [-0.05, 0) is 24.3 Å². The van der Waals surface area contributed by atoms with Crippen LogP contribution in [0.1, 0.15) is 23.0 Å². The predicted molar refractivity (Wildman–Crippen MR) is 96.3 cm³/mol. The maximum Gasteiger partial charge on any atom is 0.254 e. The van der Waals surface area contributed by atoms with Gasteiger partial charge in [0.15, 0.2) is 0 Å². The van der Waals surface area contributed by atoms with Crippen molar-refractivity contribution >= 4 is 17.5 Å². The first-order valence-electron chi connectivity index (χ1n) is 8.42. The summed E-state index contributed by atoms with van der Waals surface area (Å²) < 4.78 is 0. The molecule has 130 valence electrons. The molecule has 0 atom stereocenters. The minimum absolute atomic E-state index is 0.0131. The van der Waals surface area contributed by atoms with Crippen molar-refractivity contribution in [2.24, 2.45) is 0 Å². The SMILES string of the molecule is CC(=O)NCc1cc(C(=O)N2CCN(c3ccccc3)CC2)ccn1. The van der Waals surface area contributed by atoms with Gasteiger partial charge in [-0.2, -0.15) is 0 Å². The van der Waals surface area contributed by atoms with E-state index in [4.69, 9.17) is 0 Å². The summed E-state index contributed by atoms with van der Waals surface area (Å²) in [4.78, 5) is 32.1. The van der Waals surface area contributed by atoms with Crippen molar-refractivity contribution in [2.45, 2.75) is 13.5 Å². The van der Waals surface area contributed by atoms with Gasteiger partial charge < -0.3 is 15.1 Å². The monoisotopic (exact) mass is 338 g/mol. The first-order chi connectivity index (χ1) is 12.1. The van der Waals surface area contributed by atoms with Gasteiger partial charge in [0.25, 0.3) is 5.91 Å². The number of pyridine rings is 1. The predicted octanol–water partition coefficient (Wildman–Crippen LogP) is 1.68. The summed E-state index contributed by atoms with van der Waals surface area (Å²) in [6, 6.07) is 13.7. The second-order valence-corrected chi connectivity index (χ2v) is 6.06. The lowest BCUT2D eigenvalue weighted by Crippen LogP contribution is -2.48. The summed E-state index contributed by atoms with van der Waals surface area (Å²) in [7, 11) is 0. The van der Waals surface area contributed by atoms with E-state index in [1.165, 1.54) is 12.6 Å². The molecule has 2 aromatic rings. The third-order valence-electron chi connectivity index (χ3n) is 4.27. The molecule has 0 unspecified atom stereocenters. The normalized spacial score (nSPS) is 14.3. The number of para-hydroxylation sites is 1. The summed E-state index contributed by atoms with van der Waals surface area (Å²) in [6.07, 6.45) is 1.62. The number of carbonyl (C=O) groups is 2. The summed E-state index contributed by atoms with van der Waals surface area (Å²) in [5, 5.41) is 2.70. The van der Waals surface area contributed by atoms with E-state index in [1.807, 2.05) is 23.1 Å². The number of aromatic nitrogens is 1. The van der Waals surface area contributed by atoms with Crippen LogP contribution in [-0.2, 0) is 11.3 Å². The lowest BCUT2D eigenvalue weighted by molar-refractivity contribution is -0.119. The van der Waals surface area contributed by atoms with E-state index >= 15 is 0 Å². The van der Waals surface area contributed by atoms with E-state index in [9.17, 15) is 9.59 Å². The van der Waals surface area contributed by atoms with Crippen molar-refractivity contribution in [2.75, 3.05) is 31.1 Å². The molecule has 25 heavy (non-hydrogen) atoms. The Morgan fingerprint density at radius 1 is 1.08 bits per heavy atom. The van der Waals surface area contributed by atoms with E-state index in [-0.39, 0.29) is 11.8 Å². The number of nitrogens with one attached hydrogen (secondary N) is 1. The molecular formula is C19H22N4O2. The average molecular weight is 338 g/mol. The molecule has 2 heterocycles. The van der Waals surface area contributed by atoms with E-state index in [1.54, 1.807) is 18.3 Å². The third-order valence-corrected chi connectivity index (χ3v) is 4.27. The molecule has 1 saturated heterocycles. The van der Waals surface area contributed by atoms with Gasteiger partial charge in [0.05, 0.1) is 12.2 Å². The fraction of sp³-hybridized carbons (Fsp3) is 0.316. The van der Waals surface area contributed by atoms with Gasteiger partial charge >= 0.3 is 0 Å². The molecule has 6 nitrogen and oxygen atoms in total. The highest BCUT2D eigenvalue weighted by molar-refractivity contribution is 5.94. The lowest BCUT2D eigenvalue weighted by Gasteiger charge is -2.36.